The highest BCUT2D eigenvalue weighted by molar-refractivity contribution is 6.30. The zero-order chi connectivity index (χ0) is 13.0. The monoisotopic (exact) mass is 263 g/mol. The van der Waals surface area contributed by atoms with Gasteiger partial charge < -0.3 is 10.7 Å². The average Bonchev–Trinajstić information content (AvgIpc) is 2.37. The summed E-state index contributed by atoms with van der Waals surface area (Å²) in [6, 6.07) is 9.40. The first-order valence-electron chi connectivity index (χ1n) is 5.48. The van der Waals surface area contributed by atoms with Crippen molar-refractivity contribution in [1.82, 2.24) is 9.97 Å². The van der Waals surface area contributed by atoms with Gasteiger partial charge in [-0.15, -0.1) is 0 Å². The number of nitrogens with one attached hydrogen (secondary N) is 2. The topological polar surface area (TPSA) is 75.9 Å². The molecule has 0 atom stereocenters. The van der Waals surface area contributed by atoms with Gasteiger partial charge in [-0.2, -0.15) is 0 Å². The van der Waals surface area contributed by atoms with Crippen LogP contribution in [0.5, 0.6) is 0 Å². The van der Waals surface area contributed by atoms with E-state index in [1.807, 2.05) is 31.2 Å². The minimum atomic E-state index is 0.584. The minimum absolute atomic E-state index is 0.584. The third kappa shape index (κ3) is 3.32. The summed E-state index contributed by atoms with van der Waals surface area (Å²) < 4.78 is 0. The number of hydrogen-bond donors (Lipinski definition) is 3. The van der Waals surface area contributed by atoms with Gasteiger partial charge in [0.25, 0.3) is 0 Å². The standard InChI is InChI=1S/C12H14ClN5/c1-8-16-11(6-12(17-8)18-14)15-7-9-2-4-10(13)5-3-9/h2-6H,7,14H2,1H3,(H2,15,16,17,18). The van der Waals surface area contributed by atoms with E-state index in [2.05, 4.69) is 20.7 Å². The fourth-order valence-corrected chi connectivity index (χ4v) is 1.65. The zero-order valence-corrected chi connectivity index (χ0v) is 10.7. The van der Waals surface area contributed by atoms with Crippen LogP contribution in [0.25, 0.3) is 0 Å². The van der Waals surface area contributed by atoms with Crippen LogP contribution in [0.2, 0.25) is 5.02 Å². The third-order valence-corrected chi connectivity index (χ3v) is 2.62. The second-order valence-corrected chi connectivity index (χ2v) is 4.25. The van der Waals surface area contributed by atoms with Crippen molar-refractivity contribution in [2.45, 2.75) is 13.5 Å². The van der Waals surface area contributed by atoms with Crippen molar-refractivity contribution in [3.8, 4) is 0 Å². The lowest BCUT2D eigenvalue weighted by Crippen LogP contribution is -2.11. The number of aromatic nitrogens is 2. The van der Waals surface area contributed by atoms with Crippen LogP contribution < -0.4 is 16.6 Å². The Kier molecular flexibility index (Phi) is 3.96. The molecule has 0 spiro atoms. The van der Waals surface area contributed by atoms with Gasteiger partial charge in [0.2, 0.25) is 0 Å². The van der Waals surface area contributed by atoms with E-state index in [0.29, 0.717) is 18.2 Å². The van der Waals surface area contributed by atoms with Crippen LogP contribution in [0.4, 0.5) is 11.6 Å². The first kappa shape index (κ1) is 12.6. The maximum Gasteiger partial charge on any atom is 0.145 e. The van der Waals surface area contributed by atoms with Crippen LogP contribution in [0.3, 0.4) is 0 Å². The highest BCUT2D eigenvalue weighted by Crippen LogP contribution is 2.13. The lowest BCUT2D eigenvalue weighted by atomic mass is 10.2. The SMILES string of the molecule is Cc1nc(NN)cc(NCc2ccc(Cl)cc2)n1. The number of rotatable bonds is 4. The van der Waals surface area contributed by atoms with Crippen LogP contribution in [-0.2, 0) is 6.54 Å². The van der Waals surface area contributed by atoms with Gasteiger partial charge in [-0.05, 0) is 24.6 Å². The van der Waals surface area contributed by atoms with E-state index in [1.165, 1.54) is 0 Å². The Morgan fingerprint density at radius 1 is 1.17 bits per heavy atom. The number of halogens is 1. The Labute approximate surface area is 110 Å². The summed E-state index contributed by atoms with van der Waals surface area (Å²) in [6.45, 7) is 2.48. The van der Waals surface area contributed by atoms with Gasteiger partial charge in [-0.1, -0.05) is 23.7 Å². The number of benzene rings is 1. The van der Waals surface area contributed by atoms with Crippen LogP contribution in [0.15, 0.2) is 30.3 Å². The molecule has 0 saturated heterocycles. The largest absolute Gasteiger partial charge is 0.366 e. The number of hydrogen-bond acceptors (Lipinski definition) is 5. The van der Waals surface area contributed by atoms with Crippen molar-refractivity contribution in [3.05, 3.63) is 46.7 Å². The van der Waals surface area contributed by atoms with Crippen molar-refractivity contribution in [1.29, 1.82) is 0 Å². The summed E-state index contributed by atoms with van der Waals surface area (Å²) in [5, 5.41) is 3.93. The number of nitrogen functional groups attached to an aromatic ring is 1. The van der Waals surface area contributed by atoms with Gasteiger partial charge in [-0.25, -0.2) is 15.8 Å². The van der Waals surface area contributed by atoms with Crippen LogP contribution in [0, 0.1) is 6.92 Å². The summed E-state index contributed by atoms with van der Waals surface area (Å²) in [4.78, 5) is 8.38. The highest BCUT2D eigenvalue weighted by Gasteiger charge is 2.00. The van der Waals surface area contributed by atoms with Crippen molar-refractivity contribution in [2.24, 2.45) is 5.84 Å². The first-order chi connectivity index (χ1) is 8.67. The molecule has 2 aromatic rings. The van der Waals surface area contributed by atoms with Gasteiger partial charge >= 0.3 is 0 Å². The Morgan fingerprint density at radius 3 is 2.50 bits per heavy atom. The molecule has 1 aromatic heterocycles. The van der Waals surface area contributed by atoms with Gasteiger partial charge in [0.1, 0.15) is 17.5 Å². The molecule has 0 unspecified atom stereocenters. The number of nitrogens with zero attached hydrogens (tertiary/aromatic N) is 2. The smallest absolute Gasteiger partial charge is 0.145 e. The zero-order valence-electron chi connectivity index (χ0n) is 9.94. The van der Waals surface area contributed by atoms with E-state index in [1.54, 1.807) is 6.07 Å². The van der Waals surface area contributed by atoms with Crippen molar-refractivity contribution in [3.63, 3.8) is 0 Å². The first-order valence-corrected chi connectivity index (χ1v) is 5.86. The maximum absolute atomic E-state index is 5.83. The summed E-state index contributed by atoms with van der Waals surface area (Å²) in [6.07, 6.45) is 0. The van der Waals surface area contributed by atoms with E-state index in [9.17, 15) is 0 Å². The lowest BCUT2D eigenvalue weighted by molar-refractivity contribution is 1.02. The third-order valence-electron chi connectivity index (χ3n) is 2.37. The van der Waals surface area contributed by atoms with Crippen LogP contribution >= 0.6 is 11.6 Å². The molecule has 0 amide bonds. The lowest BCUT2D eigenvalue weighted by Gasteiger charge is -2.08. The van der Waals surface area contributed by atoms with E-state index >= 15 is 0 Å². The minimum Gasteiger partial charge on any atom is -0.366 e. The number of anilines is 2. The van der Waals surface area contributed by atoms with Gasteiger partial charge in [-0.3, -0.25) is 0 Å². The molecule has 5 nitrogen and oxygen atoms in total. The molecule has 0 fully saturated rings. The predicted molar refractivity (Wildman–Crippen MR) is 73.4 cm³/mol. The number of hydrazine groups is 1. The molecule has 0 aliphatic heterocycles. The Balaban J connectivity index is 2.05. The summed E-state index contributed by atoms with van der Waals surface area (Å²) in [7, 11) is 0. The van der Waals surface area contributed by atoms with E-state index < -0.39 is 0 Å². The van der Waals surface area contributed by atoms with Crippen molar-refractivity contribution < 1.29 is 0 Å². The summed E-state index contributed by atoms with van der Waals surface area (Å²) >= 11 is 5.83. The molecule has 0 bridgehead atoms. The molecule has 0 radical (unpaired) electrons. The van der Waals surface area contributed by atoms with Crippen molar-refractivity contribution in [2.75, 3.05) is 10.7 Å². The molecule has 1 aromatic carbocycles. The molecular formula is C12H14ClN5. The molecular weight excluding hydrogens is 250 g/mol. The Bertz CT molecular complexity index is 526. The average molecular weight is 264 g/mol. The molecule has 0 aliphatic carbocycles. The maximum atomic E-state index is 5.83. The molecule has 94 valence electrons. The molecule has 18 heavy (non-hydrogen) atoms. The van der Waals surface area contributed by atoms with Crippen LogP contribution in [-0.4, -0.2) is 9.97 Å². The van der Waals surface area contributed by atoms with Crippen LogP contribution in [0.1, 0.15) is 11.4 Å². The molecule has 1 heterocycles. The highest BCUT2D eigenvalue weighted by atomic mass is 35.5. The molecule has 2 rings (SSSR count). The molecule has 6 heteroatoms. The summed E-state index contributed by atoms with van der Waals surface area (Å²) in [5.41, 5.74) is 3.63. The Hall–Kier alpha value is -1.85. The molecule has 0 aliphatic rings. The summed E-state index contributed by atoms with van der Waals surface area (Å²) in [5.74, 6) is 7.30. The van der Waals surface area contributed by atoms with Gasteiger partial charge in [0.15, 0.2) is 0 Å². The fourth-order valence-electron chi connectivity index (χ4n) is 1.53. The van der Waals surface area contributed by atoms with Crippen molar-refractivity contribution >= 4 is 23.2 Å². The van der Waals surface area contributed by atoms with E-state index in [4.69, 9.17) is 17.4 Å². The van der Waals surface area contributed by atoms with E-state index in [0.717, 1.165) is 16.4 Å². The quantitative estimate of drug-likeness (QED) is 0.583. The fraction of sp³-hybridized carbons (Fsp3) is 0.167. The number of aryl methyl sites for hydroxylation is 1. The van der Waals surface area contributed by atoms with Gasteiger partial charge in [0, 0.05) is 17.6 Å². The molecule has 4 N–H and O–H groups in total. The number of nitrogens with two attached hydrogens (primary N) is 1. The molecule has 0 saturated carbocycles. The normalized spacial score (nSPS) is 10.2. The second-order valence-electron chi connectivity index (χ2n) is 3.81. The van der Waals surface area contributed by atoms with E-state index in [-0.39, 0.29) is 0 Å². The van der Waals surface area contributed by atoms with Gasteiger partial charge in [0.05, 0.1) is 0 Å². The predicted octanol–water partition coefficient (Wildman–Crippen LogP) is 2.34. The second kappa shape index (κ2) is 5.66. The Morgan fingerprint density at radius 2 is 1.83 bits per heavy atom.